The third-order valence-electron chi connectivity index (χ3n) is 2.77. The Morgan fingerprint density at radius 3 is 2.44 bits per heavy atom. The number of pyridine rings is 1. The molecule has 0 unspecified atom stereocenters. The molecule has 0 saturated heterocycles. The molecule has 1 heterocycles. The predicted octanol–water partition coefficient (Wildman–Crippen LogP) is 3.78. The number of hydrogen-bond acceptors (Lipinski definition) is 3. The normalized spacial score (nSPS) is 10.4. The number of hydrogen-bond donors (Lipinski definition) is 2. The number of aromatic nitrogens is 1. The summed E-state index contributed by atoms with van der Waals surface area (Å²) in [5.74, 6) is 0.379. The summed E-state index contributed by atoms with van der Waals surface area (Å²) in [6.07, 6.45) is 1.78. The molecule has 0 aliphatic heterocycles. The van der Waals surface area contributed by atoms with E-state index < -0.39 is 0 Å². The molecular weight excluding hydrogens is 292 g/mol. The lowest BCUT2D eigenvalue weighted by Crippen LogP contribution is -2.00. The SMILES string of the molecule is Cc1cc(CNc2ccc(Br)nc2)cc(C)c1O. The van der Waals surface area contributed by atoms with Crippen LogP contribution in [-0.2, 0) is 6.54 Å². The van der Waals surface area contributed by atoms with Gasteiger partial charge in [0.05, 0.1) is 11.9 Å². The Labute approximate surface area is 115 Å². The van der Waals surface area contributed by atoms with Crippen LogP contribution in [0.1, 0.15) is 16.7 Å². The van der Waals surface area contributed by atoms with E-state index in [4.69, 9.17) is 0 Å². The zero-order valence-electron chi connectivity index (χ0n) is 10.4. The van der Waals surface area contributed by atoms with E-state index in [2.05, 4.69) is 26.2 Å². The van der Waals surface area contributed by atoms with Gasteiger partial charge in [-0.3, -0.25) is 0 Å². The highest BCUT2D eigenvalue weighted by atomic mass is 79.9. The maximum Gasteiger partial charge on any atom is 0.121 e. The molecule has 4 heteroatoms. The van der Waals surface area contributed by atoms with Crippen molar-refractivity contribution in [2.24, 2.45) is 0 Å². The Hall–Kier alpha value is -1.55. The average Bonchev–Trinajstić information content (AvgIpc) is 2.35. The van der Waals surface area contributed by atoms with Crippen LogP contribution < -0.4 is 5.32 Å². The van der Waals surface area contributed by atoms with Crippen LogP contribution in [0, 0.1) is 13.8 Å². The standard InChI is InChI=1S/C14H15BrN2O/c1-9-5-11(6-10(2)14(9)18)7-16-12-3-4-13(15)17-8-12/h3-6,8,16,18H,7H2,1-2H3. The summed E-state index contributed by atoms with van der Waals surface area (Å²) in [5, 5.41) is 13.0. The molecule has 0 atom stereocenters. The zero-order valence-corrected chi connectivity index (χ0v) is 12.0. The van der Waals surface area contributed by atoms with Gasteiger partial charge in [-0.15, -0.1) is 0 Å². The van der Waals surface area contributed by atoms with Gasteiger partial charge in [0.1, 0.15) is 10.4 Å². The Kier molecular flexibility index (Phi) is 3.87. The molecule has 1 aromatic heterocycles. The van der Waals surface area contributed by atoms with Gasteiger partial charge >= 0.3 is 0 Å². The summed E-state index contributed by atoms with van der Waals surface area (Å²) >= 11 is 3.30. The highest BCUT2D eigenvalue weighted by Gasteiger charge is 2.03. The van der Waals surface area contributed by atoms with Crippen LogP contribution in [0.4, 0.5) is 5.69 Å². The van der Waals surface area contributed by atoms with E-state index in [0.717, 1.165) is 27.0 Å². The molecule has 0 aliphatic carbocycles. The van der Waals surface area contributed by atoms with Crippen LogP contribution in [0.5, 0.6) is 5.75 Å². The van der Waals surface area contributed by atoms with E-state index >= 15 is 0 Å². The molecule has 0 amide bonds. The quantitative estimate of drug-likeness (QED) is 0.848. The molecule has 2 rings (SSSR count). The van der Waals surface area contributed by atoms with Gasteiger partial charge in [0.25, 0.3) is 0 Å². The van der Waals surface area contributed by atoms with Gasteiger partial charge in [-0.1, -0.05) is 12.1 Å². The third-order valence-corrected chi connectivity index (χ3v) is 3.24. The minimum absolute atomic E-state index is 0.379. The van der Waals surface area contributed by atoms with Crippen molar-refractivity contribution in [3.8, 4) is 5.75 Å². The lowest BCUT2D eigenvalue weighted by Gasteiger charge is -2.10. The van der Waals surface area contributed by atoms with Crippen molar-refractivity contribution in [1.82, 2.24) is 4.98 Å². The average molecular weight is 307 g/mol. The van der Waals surface area contributed by atoms with Crippen molar-refractivity contribution in [2.75, 3.05) is 5.32 Å². The Balaban J connectivity index is 2.08. The fraction of sp³-hybridized carbons (Fsp3) is 0.214. The maximum absolute atomic E-state index is 9.71. The molecule has 2 N–H and O–H groups in total. The molecule has 1 aromatic carbocycles. The number of halogens is 1. The minimum atomic E-state index is 0.379. The molecule has 18 heavy (non-hydrogen) atoms. The number of aryl methyl sites for hydroxylation is 2. The molecule has 0 radical (unpaired) electrons. The number of benzene rings is 1. The Bertz CT molecular complexity index is 529. The number of nitrogens with one attached hydrogen (secondary N) is 1. The van der Waals surface area contributed by atoms with Gasteiger partial charge in [-0.2, -0.15) is 0 Å². The molecule has 0 bridgehead atoms. The molecule has 0 fully saturated rings. The van der Waals surface area contributed by atoms with Gasteiger partial charge in [0.15, 0.2) is 0 Å². The van der Waals surface area contributed by atoms with E-state index in [1.165, 1.54) is 0 Å². The first-order valence-electron chi connectivity index (χ1n) is 5.71. The fourth-order valence-corrected chi connectivity index (χ4v) is 2.07. The van der Waals surface area contributed by atoms with Crippen molar-refractivity contribution in [3.05, 3.63) is 51.8 Å². The van der Waals surface area contributed by atoms with Gasteiger partial charge in [0, 0.05) is 6.54 Å². The van der Waals surface area contributed by atoms with E-state index in [-0.39, 0.29) is 0 Å². The summed E-state index contributed by atoms with van der Waals surface area (Å²) in [7, 11) is 0. The van der Waals surface area contributed by atoms with Crippen LogP contribution in [0.25, 0.3) is 0 Å². The summed E-state index contributed by atoms with van der Waals surface area (Å²) < 4.78 is 0.823. The van der Waals surface area contributed by atoms with Crippen molar-refractivity contribution < 1.29 is 5.11 Å². The van der Waals surface area contributed by atoms with Gasteiger partial charge in [0.2, 0.25) is 0 Å². The van der Waals surface area contributed by atoms with E-state index in [9.17, 15) is 5.11 Å². The minimum Gasteiger partial charge on any atom is -0.507 e. The van der Waals surface area contributed by atoms with Crippen LogP contribution >= 0.6 is 15.9 Å². The fourth-order valence-electron chi connectivity index (χ4n) is 1.83. The molecule has 0 aliphatic rings. The first-order chi connectivity index (χ1) is 8.56. The lowest BCUT2D eigenvalue weighted by atomic mass is 10.1. The number of aromatic hydroxyl groups is 1. The van der Waals surface area contributed by atoms with Crippen LogP contribution in [0.3, 0.4) is 0 Å². The second-order valence-corrected chi connectivity index (χ2v) is 5.11. The van der Waals surface area contributed by atoms with Crippen molar-refractivity contribution in [3.63, 3.8) is 0 Å². The zero-order chi connectivity index (χ0) is 13.1. The largest absolute Gasteiger partial charge is 0.507 e. The summed E-state index contributed by atoms with van der Waals surface area (Å²) in [4.78, 5) is 4.15. The Morgan fingerprint density at radius 1 is 1.22 bits per heavy atom. The molecule has 0 spiro atoms. The summed E-state index contributed by atoms with van der Waals surface area (Å²) in [5.41, 5.74) is 3.92. The van der Waals surface area contributed by atoms with Crippen molar-refractivity contribution in [2.45, 2.75) is 20.4 Å². The maximum atomic E-state index is 9.71. The van der Waals surface area contributed by atoms with Crippen LogP contribution in [0.2, 0.25) is 0 Å². The van der Waals surface area contributed by atoms with E-state index in [1.807, 2.05) is 38.1 Å². The number of anilines is 1. The first kappa shape index (κ1) is 12.9. The van der Waals surface area contributed by atoms with Crippen molar-refractivity contribution in [1.29, 1.82) is 0 Å². The number of phenols is 1. The van der Waals surface area contributed by atoms with Gasteiger partial charge in [-0.25, -0.2) is 4.98 Å². The second kappa shape index (κ2) is 5.40. The molecule has 94 valence electrons. The monoisotopic (exact) mass is 306 g/mol. The van der Waals surface area contributed by atoms with Gasteiger partial charge in [-0.05, 0) is 58.6 Å². The topological polar surface area (TPSA) is 45.2 Å². The van der Waals surface area contributed by atoms with E-state index in [1.54, 1.807) is 6.20 Å². The lowest BCUT2D eigenvalue weighted by molar-refractivity contribution is 0.466. The summed E-state index contributed by atoms with van der Waals surface area (Å²) in [6.45, 7) is 4.53. The first-order valence-corrected chi connectivity index (χ1v) is 6.50. The van der Waals surface area contributed by atoms with Crippen LogP contribution in [0.15, 0.2) is 35.1 Å². The second-order valence-electron chi connectivity index (χ2n) is 4.30. The number of rotatable bonds is 3. The van der Waals surface area contributed by atoms with Crippen molar-refractivity contribution >= 4 is 21.6 Å². The Morgan fingerprint density at radius 2 is 1.89 bits per heavy atom. The predicted molar refractivity (Wildman–Crippen MR) is 76.8 cm³/mol. The molecular formula is C14H15BrN2O. The van der Waals surface area contributed by atoms with Gasteiger partial charge < -0.3 is 10.4 Å². The molecule has 0 saturated carbocycles. The number of nitrogens with zero attached hydrogens (tertiary/aromatic N) is 1. The molecule has 2 aromatic rings. The highest BCUT2D eigenvalue weighted by Crippen LogP contribution is 2.23. The number of phenolic OH excluding ortho intramolecular Hbond substituents is 1. The summed E-state index contributed by atoms with van der Waals surface area (Å²) in [6, 6.07) is 7.84. The smallest absolute Gasteiger partial charge is 0.121 e. The third kappa shape index (κ3) is 3.01. The van der Waals surface area contributed by atoms with E-state index in [0.29, 0.717) is 12.3 Å². The molecule has 3 nitrogen and oxygen atoms in total. The van der Waals surface area contributed by atoms with Crippen LogP contribution in [-0.4, -0.2) is 10.1 Å². The highest BCUT2D eigenvalue weighted by molar-refractivity contribution is 9.10.